The molecule has 1 aliphatic rings. The van der Waals surface area contributed by atoms with E-state index in [9.17, 15) is 4.79 Å². The molecule has 14 heavy (non-hydrogen) atoms. The Labute approximate surface area is 85.6 Å². The summed E-state index contributed by atoms with van der Waals surface area (Å²) in [5.41, 5.74) is 0.132. The number of carbonyl (C=O) groups excluding carboxylic acids is 1. The van der Waals surface area contributed by atoms with Crippen LogP contribution in [0.1, 0.15) is 27.2 Å². The maximum atomic E-state index is 11.7. The normalized spacial score (nSPS) is 23.5. The Balaban J connectivity index is 2.57. The molecule has 0 aromatic carbocycles. The Hall–Kier alpha value is -1.05. The number of ketones is 1. The number of Topliss-reactive ketones (excluding diaryl/α,β-unsaturated/α-hetero) is 1. The Morgan fingerprint density at radius 3 is 2.71 bits per heavy atom. The average Bonchev–Trinajstić information content (AvgIpc) is 2.45. The van der Waals surface area contributed by atoms with Crippen molar-refractivity contribution >= 4 is 5.78 Å². The molecule has 1 aliphatic carbocycles. The molecule has 2 nitrogen and oxygen atoms in total. The molecule has 0 saturated heterocycles. The van der Waals surface area contributed by atoms with Gasteiger partial charge < -0.3 is 4.74 Å². The zero-order valence-electron chi connectivity index (χ0n) is 9.17. The van der Waals surface area contributed by atoms with Crippen LogP contribution in [0.2, 0.25) is 0 Å². The van der Waals surface area contributed by atoms with Crippen molar-refractivity contribution in [2.75, 3.05) is 6.61 Å². The lowest BCUT2D eigenvalue weighted by Crippen LogP contribution is -2.17. The zero-order valence-corrected chi connectivity index (χ0v) is 9.17. The molecule has 78 valence electrons. The van der Waals surface area contributed by atoms with Crippen LogP contribution in [0.5, 0.6) is 0 Å². The molecule has 1 atom stereocenters. The third-order valence-electron chi connectivity index (χ3n) is 2.46. The summed E-state index contributed by atoms with van der Waals surface area (Å²) in [4.78, 5) is 11.7. The highest BCUT2D eigenvalue weighted by atomic mass is 16.5. The van der Waals surface area contributed by atoms with Crippen LogP contribution in [-0.4, -0.2) is 12.4 Å². The molecule has 0 bridgehead atoms. The first-order chi connectivity index (χ1) is 6.46. The van der Waals surface area contributed by atoms with Gasteiger partial charge in [-0.1, -0.05) is 32.6 Å². The smallest absolute Gasteiger partial charge is 0.203 e. The van der Waals surface area contributed by atoms with Crippen molar-refractivity contribution in [3.8, 4) is 0 Å². The van der Waals surface area contributed by atoms with Gasteiger partial charge in [0.05, 0.1) is 6.61 Å². The highest BCUT2D eigenvalue weighted by Crippen LogP contribution is 2.35. The van der Waals surface area contributed by atoms with Gasteiger partial charge in [0.15, 0.2) is 5.76 Å². The first-order valence-corrected chi connectivity index (χ1v) is 5.01. The van der Waals surface area contributed by atoms with Gasteiger partial charge in [0.1, 0.15) is 0 Å². The molecule has 1 rings (SSSR count). The van der Waals surface area contributed by atoms with Crippen molar-refractivity contribution in [3.05, 3.63) is 24.5 Å². The van der Waals surface area contributed by atoms with Gasteiger partial charge in [0.25, 0.3) is 0 Å². The predicted octanol–water partition coefficient (Wildman–Crippen LogP) is 2.71. The van der Waals surface area contributed by atoms with Crippen molar-refractivity contribution in [1.29, 1.82) is 0 Å². The van der Waals surface area contributed by atoms with Crippen LogP contribution in [0, 0.1) is 11.3 Å². The fourth-order valence-corrected chi connectivity index (χ4v) is 1.71. The van der Waals surface area contributed by atoms with Gasteiger partial charge in [-0.3, -0.25) is 4.79 Å². The molecule has 0 fully saturated rings. The third kappa shape index (κ3) is 2.47. The minimum absolute atomic E-state index is 0.0219. The van der Waals surface area contributed by atoms with E-state index < -0.39 is 0 Å². The summed E-state index contributed by atoms with van der Waals surface area (Å²) in [6.45, 7) is 10.2. The molecular formula is C12H18O2. The quantitative estimate of drug-likeness (QED) is 0.391. The highest BCUT2D eigenvalue weighted by Gasteiger charge is 2.31. The second kappa shape index (κ2) is 3.99. The van der Waals surface area contributed by atoms with Crippen molar-refractivity contribution in [1.82, 2.24) is 0 Å². The first-order valence-electron chi connectivity index (χ1n) is 5.01. The van der Waals surface area contributed by atoms with E-state index in [1.165, 1.54) is 0 Å². The largest absolute Gasteiger partial charge is 0.491 e. The molecule has 0 spiro atoms. The Morgan fingerprint density at radius 2 is 2.29 bits per heavy atom. The summed E-state index contributed by atoms with van der Waals surface area (Å²) in [5.74, 6) is 0.276. The van der Waals surface area contributed by atoms with Gasteiger partial charge in [0.2, 0.25) is 5.78 Å². The topological polar surface area (TPSA) is 26.3 Å². The van der Waals surface area contributed by atoms with Crippen LogP contribution >= 0.6 is 0 Å². The van der Waals surface area contributed by atoms with Crippen LogP contribution in [0.15, 0.2) is 24.5 Å². The Bertz CT molecular complexity index is 274. The number of carbonyl (C=O) groups is 1. The van der Waals surface area contributed by atoms with Crippen molar-refractivity contribution in [2.24, 2.45) is 11.3 Å². The fraction of sp³-hybridized carbons (Fsp3) is 0.583. The summed E-state index contributed by atoms with van der Waals surface area (Å²) in [6.07, 6.45) is 4.92. The van der Waals surface area contributed by atoms with Gasteiger partial charge in [-0.15, -0.1) is 0 Å². The second-order valence-corrected chi connectivity index (χ2v) is 4.38. The summed E-state index contributed by atoms with van der Waals surface area (Å²) in [5, 5.41) is 0. The minimum Gasteiger partial charge on any atom is -0.491 e. The SMILES string of the molecule is C=C(OCC)C(=O)C1C=CC(C)(C)C1. The maximum Gasteiger partial charge on any atom is 0.203 e. The molecule has 0 aromatic rings. The maximum absolute atomic E-state index is 11.7. The summed E-state index contributed by atoms with van der Waals surface area (Å²) >= 11 is 0. The van der Waals surface area contributed by atoms with Crippen LogP contribution < -0.4 is 0 Å². The van der Waals surface area contributed by atoms with Crippen LogP contribution in [0.3, 0.4) is 0 Å². The van der Waals surface area contributed by atoms with Crippen molar-refractivity contribution in [2.45, 2.75) is 27.2 Å². The monoisotopic (exact) mass is 194 g/mol. The van der Waals surface area contributed by atoms with Gasteiger partial charge in [0, 0.05) is 5.92 Å². The van der Waals surface area contributed by atoms with E-state index in [1.54, 1.807) is 0 Å². The van der Waals surface area contributed by atoms with Crippen LogP contribution in [0.4, 0.5) is 0 Å². The lowest BCUT2D eigenvalue weighted by atomic mass is 9.88. The molecule has 0 heterocycles. The van der Waals surface area contributed by atoms with Gasteiger partial charge in [-0.2, -0.15) is 0 Å². The molecule has 0 radical (unpaired) electrons. The molecule has 0 saturated carbocycles. The van der Waals surface area contributed by atoms with Crippen molar-refractivity contribution < 1.29 is 9.53 Å². The lowest BCUT2D eigenvalue weighted by Gasteiger charge is -2.17. The predicted molar refractivity (Wildman–Crippen MR) is 56.8 cm³/mol. The summed E-state index contributed by atoms with van der Waals surface area (Å²) in [6, 6.07) is 0. The van der Waals surface area contributed by atoms with E-state index in [-0.39, 0.29) is 17.1 Å². The van der Waals surface area contributed by atoms with Gasteiger partial charge in [-0.25, -0.2) is 0 Å². The number of rotatable bonds is 4. The molecular weight excluding hydrogens is 176 g/mol. The van der Waals surface area contributed by atoms with Crippen molar-refractivity contribution in [3.63, 3.8) is 0 Å². The second-order valence-electron chi connectivity index (χ2n) is 4.38. The molecule has 1 unspecified atom stereocenters. The summed E-state index contributed by atoms with van der Waals surface area (Å²) < 4.78 is 5.11. The molecule has 0 amide bonds. The van der Waals surface area contributed by atoms with E-state index in [0.29, 0.717) is 12.4 Å². The molecule has 0 aliphatic heterocycles. The molecule has 0 N–H and O–H groups in total. The third-order valence-corrected chi connectivity index (χ3v) is 2.46. The number of hydrogen-bond donors (Lipinski definition) is 0. The first kappa shape index (κ1) is 11.0. The number of hydrogen-bond acceptors (Lipinski definition) is 2. The van der Waals surface area contributed by atoms with E-state index in [1.807, 2.05) is 13.0 Å². The van der Waals surface area contributed by atoms with E-state index in [4.69, 9.17) is 4.74 Å². The van der Waals surface area contributed by atoms with Gasteiger partial charge >= 0.3 is 0 Å². The van der Waals surface area contributed by atoms with E-state index >= 15 is 0 Å². The Morgan fingerprint density at radius 1 is 1.64 bits per heavy atom. The van der Waals surface area contributed by atoms with E-state index in [2.05, 4.69) is 26.5 Å². The molecule has 0 aromatic heterocycles. The van der Waals surface area contributed by atoms with E-state index in [0.717, 1.165) is 6.42 Å². The lowest BCUT2D eigenvalue weighted by molar-refractivity contribution is -0.121. The minimum atomic E-state index is -0.0379. The van der Waals surface area contributed by atoms with Gasteiger partial charge in [-0.05, 0) is 18.8 Å². The number of ether oxygens (including phenoxy) is 1. The van der Waals surface area contributed by atoms with Crippen LogP contribution in [-0.2, 0) is 9.53 Å². The average molecular weight is 194 g/mol. The summed E-state index contributed by atoms with van der Waals surface area (Å²) in [7, 11) is 0. The zero-order chi connectivity index (χ0) is 10.8. The molecule has 2 heteroatoms. The fourth-order valence-electron chi connectivity index (χ4n) is 1.71. The number of allylic oxidation sites excluding steroid dienone is 3. The highest BCUT2D eigenvalue weighted by molar-refractivity contribution is 5.96. The van der Waals surface area contributed by atoms with Crippen LogP contribution in [0.25, 0.3) is 0 Å². The standard InChI is InChI=1S/C12H18O2/c1-5-14-9(2)11(13)10-6-7-12(3,4)8-10/h6-7,10H,2,5,8H2,1,3-4H3. The Kier molecular flexibility index (Phi) is 3.14.